The first-order valence-corrected chi connectivity index (χ1v) is 10.0. The normalized spacial score (nSPS) is 10.6. The Hall–Kier alpha value is -3.60. The molecule has 1 N–H and O–H groups in total. The van der Waals surface area contributed by atoms with Gasteiger partial charge in [0.2, 0.25) is 12.2 Å². The van der Waals surface area contributed by atoms with Crippen molar-refractivity contribution in [2.75, 3.05) is 11.9 Å². The van der Waals surface area contributed by atoms with Crippen LogP contribution in [0.15, 0.2) is 42.0 Å². The minimum atomic E-state index is -0.679. The van der Waals surface area contributed by atoms with Gasteiger partial charge in [0.1, 0.15) is 10.6 Å². The van der Waals surface area contributed by atoms with Crippen molar-refractivity contribution in [1.29, 1.82) is 0 Å². The quantitative estimate of drug-likeness (QED) is 0.313. The molecule has 0 atom stereocenters. The summed E-state index contributed by atoms with van der Waals surface area (Å²) in [5.41, 5.74) is 1.88. The van der Waals surface area contributed by atoms with E-state index in [1.165, 1.54) is 22.3 Å². The van der Waals surface area contributed by atoms with E-state index in [-0.39, 0.29) is 18.9 Å². The molecule has 10 nitrogen and oxygen atoms in total. The van der Waals surface area contributed by atoms with Gasteiger partial charge in [-0.05, 0) is 23.8 Å². The van der Waals surface area contributed by atoms with Gasteiger partial charge in [-0.1, -0.05) is 35.3 Å². The van der Waals surface area contributed by atoms with Crippen LogP contribution in [0.2, 0.25) is 0 Å². The molecular formula is C19H19N5O5S. The van der Waals surface area contributed by atoms with Gasteiger partial charge in [0.25, 0.3) is 0 Å². The van der Waals surface area contributed by atoms with Gasteiger partial charge in [-0.3, -0.25) is 4.79 Å². The van der Waals surface area contributed by atoms with Crippen molar-refractivity contribution in [2.45, 2.75) is 26.3 Å². The van der Waals surface area contributed by atoms with Gasteiger partial charge in [-0.25, -0.2) is 4.79 Å². The molecule has 0 aliphatic heterocycles. The van der Waals surface area contributed by atoms with Crippen LogP contribution in [-0.4, -0.2) is 38.2 Å². The third-order valence-corrected chi connectivity index (χ3v) is 4.98. The Morgan fingerprint density at radius 3 is 2.73 bits per heavy atom. The third-order valence-electron chi connectivity index (χ3n) is 4.09. The molecule has 1 aromatic carbocycles. The molecule has 0 spiro atoms. The predicted octanol–water partition coefficient (Wildman–Crippen LogP) is 3.51. The molecule has 0 fully saturated rings. The zero-order valence-electron chi connectivity index (χ0n) is 16.1. The van der Waals surface area contributed by atoms with Crippen LogP contribution in [0.5, 0.6) is 0 Å². The number of carbonyl (C=O) groups is 2. The van der Waals surface area contributed by atoms with Crippen LogP contribution in [-0.2, 0) is 16.1 Å². The first-order valence-electron chi connectivity index (χ1n) is 9.17. The van der Waals surface area contributed by atoms with Crippen molar-refractivity contribution < 1.29 is 19.2 Å². The molecule has 3 rings (SSSR count). The molecule has 2 aromatic heterocycles. The molecule has 0 aliphatic carbocycles. The number of hydrogen-bond donors (Lipinski definition) is 1. The largest absolute Gasteiger partial charge is 0.490 e. The van der Waals surface area contributed by atoms with E-state index < -0.39 is 16.8 Å². The predicted molar refractivity (Wildman–Crippen MR) is 110 cm³/mol. The van der Waals surface area contributed by atoms with Gasteiger partial charge >= 0.3 is 11.9 Å². The van der Waals surface area contributed by atoms with Crippen molar-refractivity contribution in [3.05, 3.63) is 57.7 Å². The van der Waals surface area contributed by atoms with E-state index in [9.17, 15) is 19.7 Å². The van der Waals surface area contributed by atoms with Crippen LogP contribution < -0.4 is 5.32 Å². The number of rotatable bonds is 9. The summed E-state index contributed by atoms with van der Waals surface area (Å²) in [4.78, 5) is 38.4. The van der Waals surface area contributed by atoms with E-state index in [0.717, 1.165) is 5.56 Å². The lowest BCUT2D eigenvalue weighted by atomic mass is 10.0. The SMILES string of the molecule is CCOC(=O)c1c(-c2ccccc2)csc1NC(=O)CCCn1cnc([N+](=O)[O-])n1. The Kier molecular flexibility index (Phi) is 6.86. The maximum atomic E-state index is 12.5. The first kappa shape index (κ1) is 21.1. The second kappa shape index (κ2) is 9.74. The van der Waals surface area contributed by atoms with Crippen LogP contribution in [0.1, 0.15) is 30.1 Å². The van der Waals surface area contributed by atoms with Crippen LogP contribution in [0, 0.1) is 10.1 Å². The zero-order valence-corrected chi connectivity index (χ0v) is 16.9. The van der Waals surface area contributed by atoms with E-state index in [4.69, 9.17) is 4.74 Å². The highest BCUT2D eigenvalue weighted by Gasteiger charge is 2.22. The summed E-state index contributed by atoms with van der Waals surface area (Å²) in [6, 6.07) is 9.39. The van der Waals surface area contributed by atoms with Crippen molar-refractivity contribution in [3.8, 4) is 11.1 Å². The number of ether oxygens (including phenoxy) is 1. The molecule has 0 saturated heterocycles. The van der Waals surface area contributed by atoms with Crippen molar-refractivity contribution in [1.82, 2.24) is 14.8 Å². The summed E-state index contributed by atoms with van der Waals surface area (Å²) >= 11 is 1.25. The minimum absolute atomic E-state index is 0.147. The number of aromatic nitrogens is 3. The number of amides is 1. The molecule has 30 heavy (non-hydrogen) atoms. The van der Waals surface area contributed by atoms with Crippen LogP contribution >= 0.6 is 11.3 Å². The Morgan fingerprint density at radius 1 is 1.30 bits per heavy atom. The van der Waals surface area contributed by atoms with E-state index in [1.54, 1.807) is 6.92 Å². The summed E-state index contributed by atoms with van der Waals surface area (Å²) < 4.78 is 6.49. The zero-order chi connectivity index (χ0) is 21.5. The number of esters is 1. The van der Waals surface area contributed by atoms with Gasteiger partial charge in [0.15, 0.2) is 0 Å². The summed E-state index contributed by atoms with van der Waals surface area (Å²) in [5.74, 6) is -1.26. The molecule has 0 aliphatic rings. The standard InChI is InChI=1S/C19H19N5O5S/c1-2-29-18(26)16-14(13-7-4-3-5-8-13)11-30-17(16)21-15(25)9-6-10-23-12-20-19(22-23)24(27)28/h3-5,7-8,11-12H,2,6,9-10H2,1H3,(H,21,25). The summed E-state index contributed by atoms with van der Waals surface area (Å²) in [6.45, 7) is 2.25. The Balaban J connectivity index is 1.67. The Morgan fingerprint density at radius 2 is 2.07 bits per heavy atom. The topological polar surface area (TPSA) is 129 Å². The fourth-order valence-electron chi connectivity index (χ4n) is 2.75. The molecular weight excluding hydrogens is 410 g/mol. The highest BCUT2D eigenvalue weighted by Crippen LogP contribution is 2.36. The van der Waals surface area contributed by atoms with Gasteiger partial charge in [-0.2, -0.15) is 4.68 Å². The Bertz CT molecular complexity index is 1050. The van der Waals surface area contributed by atoms with Gasteiger partial charge in [0.05, 0.1) is 13.2 Å². The minimum Gasteiger partial charge on any atom is -0.462 e. The van der Waals surface area contributed by atoms with Gasteiger partial charge < -0.3 is 20.2 Å². The fraction of sp³-hybridized carbons (Fsp3) is 0.263. The maximum absolute atomic E-state index is 12.5. The second-order valence-corrected chi connectivity index (χ2v) is 7.04. The van der Waals surface area contributed by atoms with E-state index in [2.05, 4.69) is 15.4 Å². The number of thiophene rings is 1. The number of benzene rings is 1. The maximum Gasteiger partial charge on any atom is 0.490 e. The summed E-state index contributed by atoms with van der Waals surface area (Å²) in [6.07, 6.45) is 1.80. The van der Waals surface area contributed by atoms with Crippen LogP contribution in [0.4, 0.5) is 10.9 Å². The molecule has 1 amide bonds. The molecule has 0 bridgehead atoms. The van der Waals surface area contributed by atoms with Crippen molar-refractivity contribution in [3.63, 3.8) is 0 Å². The van der Waals surface area contributed by atoms with Crippen molar-refractivity contribution in [2.24, 2.45) is 0 Å². The van der Waals surface area contributed by atoms with E-state index in [0.29, 0.717) is 29.1 Å². The van der Waals surface area contributed by atoms with Crippen molar-refractivity contribution >= 4 is 34.2 Å². The first-order chi connectivity index (χ1) is 14.5. The second-order valence-electron chi connectivity index (χ2n) is 6.16. The average molecular weight is 429 g/mol. The smallest absolute Gasteiger partial charge is 0.462 e. The van der Waals surface area contributed by atoms with Crippen LogP contribution in [0.25, 0.3) is 11.1 Å². The molecule has 3 aromatic rings. The third kappa shape index (κ3) is 5.06. The number of anilines is 1. The van der Waals surface area contributed by atoms with E-state index in [1.807, 2.05) is 35.7 Å². The van der Waals surface area contributed by atoms with Gasteiger partial charge in [0, 0.05) is 22.5 Å². The number of nitrogens with one attached hydrogen (secondary N) is 1. The lowest BCUT2D eigenvalue weighted by Crippen LogP contribution is -2.15. The number of hydrogen-bond acceptors (Lipinski definition) is 8. The summed E-state index contributed by atoms with van der Waals surface area (Å²) in [7, 11) is 0. The lowest BCUT2D eigenvalue weighted by molar-refractivity contribution is -0.394. The van der Waals surface area contributed by atoms with E-state index >= 15 is 0 Å². The number of nitrogens with zero attached hydrogens (tertiary/aromatic N) is 4. The Labute approximate surface area is 175 Å². The number of nitro groups is 1. The summed E-state index contributed by atoms with van der Waals surface area (Å²) in [5, 5.41) is 19.3. The monoisotopic (exact) mass is 429 g/mol. The average Bonchev–Trinajstić information content (AvgIpc) is 3.36. The highest BCUT2D eigenvalue weighted by molar-refractivity contribution is 7.15. The fourth-order valence-corrected chi connectivity index (χ4v) is 3.73. The lowest BCUT2D eigenvalue weighted by Gasteiger charge is -2.08. The molecule has 0 saturated carbocycles. The number of carbonyl (C=O) groups excluding carboxylic acids is 2. The molecule has 2 heterocycles. The van der Waals surface area contributed by atoms with Crippen LogP contribution in [0.3, 0.4) is 0 Å². The van der Waals surface area contributed by atoms with Gasteiger partial charge in [-0.15, -0.1) is 11.3 Å². The number of aryl methyl sites for hydroxylation is 1. The molecule has 156 valence electrons. The molecule has 0 radical (unpaired) electrons. The molecule has 11 heteroatoms. The molecule has 0 unspecified atom stereocenters. The highest BCUT2D eigenvalue weighted by atomic mass is 32.1.